The molecule has 5 N–H and O–H groups in total. The number of likely N-dealkylation sites (N-methyl/N-ethyl adjacent to an activating group) is 1. The normalized spacial score (nSPS) is 13.4. The third kappa shape index (κ3) is 6.49. The van der Waals surface area contributed by atoms with Crippen molar-refractivity contribution < 1.29 is 15.0 Å². The monoisotopic (exact) mass is 250 g/mol. The van der Waals surface area contributed by atoms with Crippen molar-refractivity contribution in [3.63, 3.8) is 0 Å². The van der Waals surface area contributed by atoms with E-state index in [1.165, 1.54) is 16.8 Å². The van der Waals surface area contributed by atoms with Gasteiger partial charge >= 0.3 is 5.97 Å². The maximum Gasteiger partial charge on any atom is 0.323 e. The van der Waals surface area contributed by atoms with Crippen LogP contribution in [0.4, 0.5) is 0 Å². The van der Waals surface area contributed by atoms with Crippen molar-refractivity contribution in [2.24, 2.45) is 10.7 Å². The van der Waals surface area contributed by atoms with Gasteiger partial charge in [0.15, 0.2) is 0 Å². The lowest BCUT2D eigenvalue weighted by Gasteiger charge is -2.19. The molecule has 8 heteroatoms. The van der Waals surface area contributed by atoms with Crippen LogP contribution in [0.3, 0.4) is 0 Å². The summed E-state index contributed by atoms with van der Waals surface area (Å²) in [6, 6.07) is -0.305. The highest BCUT2D eigenvalue weighted by molar-refractivity contribution is 7.97. The number of nitrogens with zero attached hydrogens (tertiary/aromatic N) is 2. The van der Waals surface area contributed by atoms with E-state index in [0.29, 0.717) is 11.7 Å². The third-order valence-electron chi connectivity index (χ3n) is 1.64. The Morgan fingerprint density at radius 3 is 2.75 bits per heavy atom. The van der Waals surface area contributed by atoms with Gasteiger partial charge in [0.2, 0.25) is 5.96 Å². The molecule has 1 unspecified atom stereocenters. The summed E-state index contributed by atoms with van der Waals surface area (Å²) in [6.45, 7) is -0.218. The SMILES string of the molecule is CN=C(NSCC(N)CO)N(C)CC(=O)O. The van der Waals surface area contributed by atoms with Gasteiger partial charge in [0, 0.05) is 25.9 Å². The Labute approximate surface area is 98.8 Å². The zero-order valence-corrected chi connectivity index (χ0v) is 10.2. The van der Waals surface area contributed by atoms with Gasteiger partial charge < -0.3 is 25.6 Å². The summed E-state index contributed by atoms with van der Waals surface area (Å²) < 4.78 is 2.88. The van der Waals surface area contributed by atoms with Crippen LogP contribution in [-0.2, 0) is 4.79 Å². The van der Waals surface area contributed by atoms with E-state index in [9.17, 15) is 4.79 Å². The number of rotatable bonds is 6. The lowest BCUT2D eigenvalue weighted by Crippen LogP contribution is -2.39. The number of carboxylic acids is 1. The van der Waals surface area contributed by atoms with Crippen LogP contribution in [0.15, 0.2) is 4.99 Å². The molecule has 0 heterocycles. The minimum absolute atomic E-state index is 0.0851. The second-order valence-electron chi connectivity index (χ2n) is 3.15. The average molecular weight is 250 g/mol. The minimum atomic E-state index is -0.928. The van der Waals surface area contributed by atoms with Crippen LogP contribution in [0.2, 0.25) is 0 Å². The molecule has 0 bridgehead atoms. The minimum Gasteiger partial charge on any atom is -0.480 e. The molecule has 7 nitrogen and oxygen atoms in total. The number of carbonyl (C=O) groups is 1. The van der Waals surface area contributed by atoms with Crippen LogP contribution in [-0.4, -0.2) is 66.1 Å². The molecular weight excluding hydrogens is 232 g/mol. The van der Waals surface area contributed by atoms with Gasteiger partial charge in [-0.2, -0.15) is 0 Å². The Kier molecular flexibility index (Phi) is 7.69. The number of aliphatic imine (C=N–C) groups is 1. The highest BCUT2D eigenvalue weighted by Crippen LogP contribution is 1.97. The molecule has 0 rings (SSSR count). The summed E-state index contributed by atoms with van der Waals surface area (Å²) in [4.78, 5) is 15.9. The summed E-state index contributed by atoms with van der Waals surface area (Å²) in [5.41, 5.74) is 5.50. The summed E-state index contributed by atoms with van der Waals surface area (Å²) in [6.07, 6.45) is 0. The molecule has 0 aliphatic carbocycles. The van der Waals surface area contributed by atoms with E-state index in [1.54, 1.807) is 14.1 Å². The predicted octanol–water partition coefficient (Wildman–Crippen LogP) is -1.45. The van der Waals surface area contributed by atoms with Crippen molar-refractivity contribution in [2.75, 3.05) is 33.0 Å². The molecule has 0 aromatic heterocycles. The fourth-order valence-electron chi connectivity index (χ4n) is 0.838. The molecule has 94 valence electrons. The molecular formula is C8H18N4O3S. The van der Waals surface area contributed by atoms with E-state index in [1.807, 2.05) is 0 Å². The van der Waals surface area contributed by atoms with Crippen molar-refractivity contribution >= 4 is 23.9 Å². The van der Waals surface area contributed by atoms with Crippen LogP contribution >= 0.6 is 11.9 Å². The number of aliphatic carboxylic acids is 1. The van der Waals surface area contributed by atoms with Crippen LogP contribution in [0.5, 0.6) is 0 Å². The standard InChI is InChI=1S/C8H18N4O3S/c1-10-8(12(2)3-7(14)15)11-16-5-6(9)4-13/h6,13H,3-5,9H2,1-2H3,(H,10,11)(H,14,15). The first-order valence-electron chi connectivity index (χ1n) is 4.65. The number of hydrogen-bond donors (Lipinski definition) is 4. The highest BCUT2D eigenvalue weighted by Gasteiger charge is 2.09. The quantitative estimate of drug-likeness (QED) is 0.259. The molecule has 0 saturated heterocycles. The molecule has 0 radical (unpaired) electrons. The summed E-state index contributed by atoms with van der Waals surface area (Å²) in [5.74, 6) is 0.0382. The van der Waals surface area contributed by atoms with Gasteiger partial charge in [0.25, 0.3) is 0 Å². The highest BCUT2D eigenvalue weighted by atomic mass is 32.2. The number of carboxylic acid groups (broad SMARTS) is 1. The number of nitrogens with one attached hydrogen (secondary N) is 1. The van der Waals surface area contributed by atoms with Crippen LogP contribution in [0.25, 0.3) is 0 Å². The van der Waals surface area contributed by atoms with Gasteiger partial charge in [-0.25, -0.2) is 0 Å². The van der Waals surface area contributed by atoms with Gasteiger partial charge in [-0.15, -0.1) is 0 Å². The molecule has 0 fully saturated rings. The summed E-state index contributed by atoms with van der Waals surface area (Å²) in [7, 11) is 3.18. The second kappa shape index (κ2) is 8.20. The summed E-state index contributed by atoms with van der Waals surface area (Å²) >= 11 is 1.27. The number of hydrogen-bond acceptors (Lipinski definition) is 5. The van der Waals surface area contributed by atoms with E-state index in [4.69, 9.17) is 15.9 Å². The summed E-state index contributed by atoms with van der Waals surface area (Å²) in [5, 5.41) is 17.3. The van der Waals surface area contributed by atoms with Crippen LogP contribution < -0.4 is 10.5 Å². The maximum absolute atomic E-state index is 10.5. The Hall–Kier alpha value is -0.990. The largest absolute Gasteiger partial charge is 0.480 e. The van der Waals surface area contributed by atoms with Crippen molar-refractivity contribution in [1.82, 2.24) is 9.62 Å². The van der Waals surface area contributed by atoms with E-state index in [-0.39, 0.29) is 19.2 Å². The van der Waals surface area contributed by atoms with Crippen molar-refractivity contribution in [2.45, 2.75) is 6.04 Å². The van der Waals surface area contributed by atoms with Crippen molar-refractivity contribution in [1.29, 1.82) is 0 Å². The first kappa shape index (κ1) is 15.0. The van der Waals surface area contributed by atoms with Crippen molar-refractivity contribution in [3.05, 3.63) is 0 Å². The molecule has 0 aliphatic heterocycles. The first-order chi connectivity index (χ1) is 7.51. The van der Waals surface area contributed by atoms with Gasteiger partial charge in [-0.05, 0) is 11.9 Å². The molecule has 0 spiro atoms. The average Bonchev–Trinajstić information content (AvgIpc) is 2.22. The predicted molar refractivity (Wildman–Crippen MR) is 64.3 cm³/mol. The van der Waals surface area contributed by atoms with Crippen LogP contribution in [0.1, 0.15) is 0 Å². The zero-order chi connectivity index (χ0) is 12.6. The zero-order valence-electron chi connectivity index (χ0n) is 9.38. The van der Waals surface area contributed by atoms with E-state index < -0.39 is 5.97 Å². The fraction of sp³-hybridized carbons (Fsp3) is 0.750. The topological polar surface area (TPSA) is 111 Å². The molecule has 0 aromatic rings. The Bertz CT molecular complexity index is 249. The molecule has 16 heavy (non-hydrogen) atoms. The van der Waals surface area contributed by atoms with Crippen molar-refractivity contribution in [3.8, 4) is 0 Å². The number of nitrogens with two attached hydrogens (primary N) is 1. The lowest BCUT2D eigenvalue weighted by atomic mass is 10.4. The van der Waals surface area contributed by atoms with E-state index in [2.05, 4.69) is 9.71 Å². The Balaban J connectivity index is 3.97. The molecule has 0 saturated carbocycles. The van der Waals surface area contributed by atoms with Gasteiger partial charge in [-0.3, -0.25) is 9.79 Å². The third-order valence-corrected chi connectivity index (χ3v) is 2.56. The van der Waals surface area contributed by atoms with Gasteiger partial charge in [-0.1, -0.05) is 0 Å². The fourth-order valence-corrected chi connectivity index (χ4v) is 1.62. The Morgan fingerprint density at radius 1 is 1.69 bits per heavy atom. The number of aliphatic hydroxyl groups is 1. The Morgan fingerprint density at radius 2 is 2.31 bits per heavy atom. The smallest absolute Gasteiger partial charge is 0.323 e. The molecule has 0 aliphatic rings. The molecule has 1 atom stereocenters. The van der Waals surface area contributed by atoms with Gasteiger partial charge in [0.1, 0.15) is 6.54 Å². The second-order valence-corrected chi connectivity index (χ2v) is 3.98. The van der Waals surface area contributed by atoms with Crippen LogP contribution in [0, 0.1) is 0 Å². The number of guanidine groups is 1. The lowest BCUT2D eigenvalue weighted by molar-refractivity contribution is -0.137. The number of aliphatic hydroxyl groups excluding tert-OH is 1. The molecule has 0 amide bonds. The maximum atomic E-state index is 10.5. The molecule has 0 aromatic carbocycles. The first-order valence-corrected chi connectivity index (χ1v) is 5.63. The van der Waals surface area contributed by atoms with E-state index in [0.717, 1.165) is 0 Å². The van der Waals surface area contributed by atoms with E-state index >= 15 is 0 Å². The van der Waals surface area contributed by atoms with Gasteiger partial charge in [0.05, 0.1) is 6.61 Å².